The lowest BCUT2D eigenvalue weighted by Crippen LogP contribution is -2.60. The van der Waals surface area contributed by atoms with E-state index in [1.54, 1.807) is 18.5 Å². The number of nitrogens with zero attached hydrogens (tertiary/aromatic N) is 7. The van der Waals surface area contributed by atoms with Gasteiger partial charge in [-0.1, -0.05) is 54.6 Å². The molecule has 9 heteroatoms. The zero-order valence-corrected chi connectivity index (χ0v) is 23.6. The highest BCUT2D eigenvalue weighted by atomic mass is 16.1. The minimum absolute atomic E-state index is 0.225. The summed E-state index contributed by atoms with van der Waals surface area (Å²) in [7, 11) is 0. The van der Waals surface area contributed by atoms with Gasteiger partial charge in [0, 0.05) is 47.8 Å². The summed E-state index contributed by atoms with van der Waals surface area (Å²) in [6.07, 6.45) is 5.59. The summed E-state index contributed by atoms with van der Waals surface area (Å²) in [5.74, 6) is 0.518. The van der Waals surface area contributed by atoms with Gasteiger partial charge in [0.15, 0.2) is 0 Å². The van der Waals surface area contributed by atoms with Crippen molar-refractivity contribution >= 4 is 22.6 Å². The fourth-order valence-corrected chi connectivity index (χ4v) is 6.30. The molecule has 0 radical (unpaired) electrons. The Labute approximate surface area is 249 Å². The molecule has 2 aromatic carbocycles. The van der Waals surface area contributed by atoms with Crippen molar-refractivity contribution in [2.24, 2.45) is 11.1 Å². The van der Waals surface area contributed by atoms with E-state index >= 15 is 0 Å². The number of pyridine rings is 2. The highest BCUT2D eigenvalue weighted by Gasteiger charge is 2.45. The zero-order chi connectivity index (χ0) is 29.4. The minimum Gasteiger partial charge on any atom is -0.364 e. The summed E-state index contributed by atoms with van der Waals surface area (Å²) >= 11 is 0. The molecule has 7 rings (SSSR count). The molecule has 0 saturated carbocycles. The second-order valence-corrected chi connectivity index (χ2v) is 11.6. The van der Waals surface area contributed by atoms with Crippen LogP contribution in [0.2, 0.25) is 0 Å². The Kier molecular flexibility index (Phi) is 6.76. The van der Waals surface area contributed by atoms with Gasteiger partial charge in [-0.3, -0.25) is 9.69 Å². The minimum atomic E-state index is -0.557. The van der Waals surface area contributed by atoms with E-state index in [-0.39, 0.29) is 11.5 Å². The number of fused-ring (bicyclic) bond motifs is 1. The molecule has 5 heterocycles. The van der Waals surface area contributed by atoms with E-state index in [1.807, 2.05) is 30.3 Å². The van der Waals surface area contributed by atoms with Crippen LogP contribution in [0.3, 0.4) is 0 Å². The van der Waals surface area contributed by atoms with Crippen LogP contribution >= 0.6 is 0 Å². The summed E-state index contributed by atoms with van der Waals surface area (Å²) in [5, 5.41) is 9.93. The van der Waals surface area contributed by atoms with Crippen LogP contribution in [0.4, 0.5) is 5.82 Å². The lowest BCUT2D eigenvalue weighted by molar-refractivity contribution is 0.0719. The van der Waals surface area contributed by atoms with E-state index in [0.717, 1.165) is 79.2 Å². The molecule has 1 amide bonds. The molecule has 2 aliphatic rings. The smallest absolute Gasteiger partial charge is 0.267 e. The third-order valence-electron chi connectivity index (χ3n) is 8.71. The van der Waals surface area contributed by atoms with Crippen LogP contribution in [0.5, 0.6) is 0 Å². The SMILES string of the molecule is N#Cc1nccc(N2CC3(CCN(Cc4ccc(-c5nc6cnc(C(N)=O)cc6cc5-c5ccccc5)cc4)CC3)C2)n1. The molecule has 0 atom stereocenters. The molecular formula is C34H30N8O. The van der Waals surface area contributed by atoms with Crippen LogP contribution in [-0.2, 0) is 6.54 Å². The number of rotatable bonds is 6. The van der Waals surface area contributed by atoms with Gasteiger partial charge in [-0.25, -0.2) is 19.9 Å². The van der Waals surface area contributed by atoms with Gasteiger partial charge in [0.1, 0.15) is 17.6 Å². The summed E-state index contributed by atoms with van der Waals surface area (Å²) in [5.41, 5.74) is 12.0. The van der Waals surface area contributed by atoms with Gasteiger partial charge < -0.3 is 10.6 Å². The Morgan fingerprint density at radius 3 is 2.42 bits per heavy atom. The molecule has 3 aromatic heterocycles. The van der Waals surface area contributed by atoms with E-state index in [2.05, 4.69) is 67.2 Å². The number of benzene rings is 2. The monoisotopic (exact) mass is 566 g/mol. The fraction of sp³-hybridized carbons (Fsp3) is 0.235. The quantitative estimate of drug-likeness (QED) is 0.310. The largest absolute Gasteiger partial charge is 0.364 e. The number of carbonyl (C=O) groups is 1. The molecule has 2 N–H and O–H groups in total. The van der Waals surface area contributed by atoms with E-state index in [1.165, 1.54) is 5.56 Å². The molecule has 0 aliphatic carbocycles. The second-order valence-electron chi connectivity index (χ2n) is 11.6. The number of piperidine rings is 1. The molecule has 43 heavy (non-hydrogen) atoms. The van der Waals surface area contributed by atoms with Crippen molar-refractivity contribution < 1.29 is 4.79 Å². The molecular weight excluding hydrogens is 536 g/mol. The Morgan fingerprint density at radius 1 is 0.930 bits per heavy atom. The number of amides is 1. The maximum Gasteiger partial charge on any atom is 0.267 e. The molecule has 2 aliphatic heterocycles. The summed E-state index contributed by atoms with van der Waals surface area (Å²) < 4.78 is 0. The third-order valence-corrected chi connectivity index (χ3v) is 8.71. The van der Waals surface area contributed by atoms with E-state index in [9.17, 15) is 4.79 Å². The number of anilines is 1. The van der Waals surface area contributed by atoms with Gasteiger partial charge in [0.2, 0.25) is 5.82 Å². The first-order valence-electron chi connectivity index (χ1n) is 14.4. The van der Waals surface area contributed by atoms with Crippen LogP contribution in [0.25, 0.3) is 33.3 Å². The number of hydrogen-bond acceptors (Lipinski definition) is 8. The number of primary amides is 1. The average molecular weight is 567 g/mol. The highest BCUT2D eigenvalue weighted by molar-refractivity contribution is 5.97. The van der Waals surface area contributed by atoms with Crippen molar-refractivity contribution in [2.75, 3.05) is 31.1 Å². The van der Waals surface area contributed by atoms with Crippen molar-refractivity contribution in [1.29, 1.82) is 5.26 Å². The van der Waals surface area contributed by atoms with E-state index in [0.29, 0.717) is 10.9 Å². The van der Waals surface area contributed by atoms with Crippen molar-refractivity contribution in [1.82, 2.24) is 24.8 Å². The molecule has 0 unspecified atom stereocenters. The number of aromatic nitrogens is 4. The fourth-order valence-electron chi connectivity index (χ4n) is 6.30. The van der Waals surface area contributed by atoms with Crippen LogP contribution in [0, 0.1) is 16.7 Å². The number of likely N-dealkylation sites (tertiary alicyclic amines) is 1. The zero-order valence-electron chi connectivity index (χ0n) is 23.6. The average Bonchev–Trinajstić information content (AvgIpc) is 3.04. The van der Waals surface area contributed by atoms with Crippen molar-refractivity contribution in [3.05, 3.63) is 102 Å². The van der Waals surface area contributed by atoms with E-state index in [4.69, 9.17) is 16.0 Å². The van der Waals surface area contributed by atoms with Crippen LogP contribution < -0.4 is 10.6 Å². The van der Waals surface area contributed by atoms with Gasteiger partial charge in [-0.15, -0.1) is 0 Å². The molecule has 0 bridgehead atoms. The van der Waals surface area contributed by atoms with Crippen LogP contribution in [-0.4, -0.2) is 56.9 Å². The normalized spacial score (nSPS) is 16.1. The van der Waals surface area contributed by atoms with Crippen molar-refractivity contribution in [2.45, 2.75) is 19.4 Å². The Morgan fingerprint density at radius 2 is 1.70 bits per heavy atom. The first kappa shape index (κ1) is 26.7. The van der Waals surface area contributed by atoms with Gasteiger partial charge >= 0.3 is 0 Å². The number of nitrogens with two attached hydrogens (primary N) is 1. The molecule has 2 fully saturated rings. The molecule has 2 saturated heterocycles. The molecule has 1 spiro atoms. The lowest BCUT2D eigenvalue weighted by atomic mass is 9.72. The third kappa shape index (κ3) is 5.29. The summed E-state index contributed by atoms with van der Waals surface area (Å²) in [6, 6.07) is 26.5. The standard InChI is InChI=1S/C34H30N8O/c35-18-30-37-13-10-31(40-30)42-21-34(22-42)11-14-41(15-12-34)20-23-6-8-25(9-7-23)32-27(24-4-2-1-3-5-24)16-26-17-28(33(36)43)38-19-29(26)39-32/h1-10,13,16-17,19H,11-12,14-15,20-22H2,(H2,36,43). The maximum atomic E-state index is 11.7. The predicted octanol–water partition coefficient (Wildman–Crippen LogP) is 4.83. The van der Waals surface area contributed by atoms with Gasteiger partial charge in [-0.05, 0) is 55.3 Å². The van der Waals surface area contributed by atoms with E-state index < -0.39 is 5.91 Å². The number of hydrogen-bond donors (Lipinski definition) is 1. The first-order valence-corrected chi connectivity index (χ1v) is 14.4. The lowest BCUT2D eigenvalue weighted by Gasteiger charge is -2.54. The predicted molar refractivity (Wildman–Crippen MR) is 165 cm³/mol. The van der Waals surface area contributed by atoms with Crippen LogP contribution in [0.15, 0.2) is 85.2 Å². The number of carbonyl (C=O) groups excluding carboxylic acids is 1. The van der Waals surface area contributed by atoms with Crippen molar-refractivity contribution in [3.63, 3.8) is 0 Å². The van der Waals surface area contributed by atoms with Gasteiger partial charge in [-0.2, -0.15) is 5.26 Å². The van der Waals surface area contributed by atoms with Crippen LogP contribution in [0.1, 0.15) is 34.7 Å². The van der Waals surface area contributed by atoms with Gasteiger partial charge in [0.05, 0.1) is 17.4 Å². The number of nitriles is 1. The second kappa shape index (κ2) is 10.9. The van der Waals surface area contributed by atoms with Crippen molar-refractivity contribution in [3.8, 4) is 28.5 Å². The highest BCUT2D eigenvalue weighted by Crippen LogP contribution is 2.42. The van der Waals surface area contributed by atoms with Gasteiger partial charge in [0.25, 0.3) is 5.91 Å². The summed E-state index contributed by atoms with van der Waals surface area (Å²) in [4.78, 5) is 34.0. The Bertz CT molecular complexity index is 1850. The topological polar surface area (TPSA) is 125 Å². The Balaban J connectivity index is 1.05. The molecule has 212 valence electrons. The summed E-state index contributed by atoms with van der Waals surface area (Å²) in [6.45, 7) is 5.01. The Hall–Kier alpha value is -5.20. The molecule has 5 aromatic rings. The molecule has 9 nitrogen and oxygen atoms in total. The maximum absolute atomic E-state index is 11.7. The first-order chi connectivity index (χ1) is 21.0.